The normalized spacial score (nSPS) is 11.3. The summed E-state index contributed by atoms with van der Waals surface area (Å²) in [6.45, 7) is 6.07. The predicted octanol–water partition coefficient (Wildman–Crippen LogP) is 3.11. The van der Waals surface area contributed by atoms with Gasteiger partial charge in [-0.2, -0.15) is 10.1 Å². The molecular weight excluding hydrogens is 316 g/mol. The molecule has 0 spiro atoms. The van der Waals surface area contributed by atoms with Gasteiger partial charge in [0.25, 0.3) is 0 Å². The van der Waals surface area contributed by atoms with Crippen LogP contribution in [-0.4, -0.2) is 30.3 Å². The van der Waals surface area contributed by atoms with Crippen LogP contribution in [0.25, 0.3) is 22.6 Å². The molecule has 0 bridgehead atoms. The number of aromatic nitrogens is 6. The largest absolute Gasteiger partial charge is 0.342 e. The summed E-state index contributed by atoms with van der Waals surface area (Å²) in [4.78, 5) is 12.4. The molecule has 3 heterocycles. The Labute approximate surface area is 144 Å². The Kier molecular flexibility index (Phi) is 3.76. The highest BCUT2D eigenvalue weighted by Crippen LogP contribution is 2.20. The van der Waals surface area contributed by atoms with E-state index in [0.717, 1.165) is 22.6 Å². The molecule has 25 heavy (non-hydrogen) atoms. The number of H-pyrrole nitrogens is 1. The number of benzene rings is 1. The number of fused-ring (bicyclic) bond motifs is 1. The van der Waals surface area contributed by atoms with Gasteiger partial charge < -0.3 is 9.51 Å². The molecule has 7 heteroatoms. The number of imidazole rings is 1. The van der Waals surface area contributed by atoms with Crippen LogP contribution in [0.4, 0.5) is 0 Å². The van der Waals surface area contributed by atoms with E-state index in [1.807, 2.05) is 19.1 Å². The Balaban J connectivity index is 1.50. The van der Waals surface area contributed by atoms with E-state index in [2.05, 4.69) is 51.3 Å². The van der Waals surface area contributed by atoms with E-state index in [4.69, 9.17) is 9.51 Å². The highest BCUT2D eigenvalue weighted by molar-refractivity contribution is 5.79. The van der Waals surface area contributed by atoms with Gasteiger partial charge in [0.05, 0.1) is 16.7 Å². The van der Waals surface area contributed by atoms with Gasteiger partial charge in [0, 0.05) is 12.8 Å². The molecule has 0 aliphatic heterocycles. The summed E-state index contributed by atoms with van der Waals surface area (Å²) in [5.74, 6) is 1.93. The van der Waals surface area contributed by atoms with Crippen molar-refractivity contribution in [2.45, 2.75) is 33.6 Å². The lowest BCUT2D eigenvalue weighted by Gasteiger charge is -1.98. The SMILES string of the molecule is Cc1ccc(-c2noc(CCc3nc4c(C)c(C)ccc4[nH]3)n2)nn1. The molecule has 0 saturated heterocycles. The van der Waals surface area contributed by atoms with Crippen molar-refractivity contribution in [2.75, 3.05) is 0 Å². The summed E-state index contributed by atoms with van der Waals surface area (Å²) >= 11 is 0. The number of nitrogens with one attached hydrogen (secondary N) is 1. The Morgan fingerprint density at radius 2 is 1.84 bits per heavy atom. The zero-order valence-electron chi connectivity index (χ0n) is 14.4. The maximum absolute atomic E-state index is 5.32. The molecule has 7 nitrogen and oxygen atoms in total. The van der Waals surface area contributed by atoms with Gasteiger partial charge in [-0.25, -0.2) is 4.98 Å². The Hall–Kier alpha value is -3.09. The van der Waals surface area contributed by atoms with Crippen LogP contribution in [0, 0.1) is 20.8 Å². The summed E-state index contributed by atoms with van der Waals surface area (Å²) in [6, 6.07) is 7.87. The Morgan fingerprint density at radius 1 is 0.960 bits per heavy atom. The molecule has 0 atom stereocenters. The lowest BCUT2D eigenvalue weighted by Crippen LogP contribution is -1.94. The van der Waals surface area contributed by atoms with Gasteiger partial charge in [0.2, 0.25) is 11.7 Å². The highest BCUT2D eigenvalue weighted by atomic mass is 16.5. The summed E-state index contributed by atoms with van der Waals surface area (Å²) in [7, 11) is 0. The molecule has 0 saturated carbocycles. The molecular formula is C18H18N6O. The fourth-order valence-electron chi connectivity index (χ4n) is 2.69. The predicted molar refractivity (Wildman–Crippen MR) is 93.0 cm³/mol. The standard InChI is InChI=1S/C18H18N6O/c1-10-4-6-13-17(12(10)3)20-15(19-13)8-9-16-21-18(24-25-16)14-7-5-11(2)22-23-14/h4-7H,8-9H2,1-3H3,(H,19,20). The van der Waals surface area contributed by atoms with Gasteiger partial charge in [-0.3, -0.25) is 0 Å². The number of aryl methyl sites for hydroxylation is 5. The Morgan fingerprint density at radius 3 is 2.64 bits per heavy atom. The molecule has 0 fully saturated rings. The third kappa shape index (κ3) is 3.00. The van der Waals surface area contributed by atoms with Crippen molar-refractivity contribution < 1.29 is 4.52 Å². The number of hydrogen-bond donors (Lipinski definition) is 1. The number of hydrogen-bond acceptors (Lipinski definition) is 6. The van der Waals surface area contributed by atoms with Gasteiger partial charge >= 0.3 is 0 Å². The van der Waals surface area contributed by atoms with Gasteiger partial charge in [-0.05, 0) is 50.1 Å². The fourth-order valence-corrected chi connectivity index (χ4v) is 2.69. The summed E-state index contributed by atoms with van der Waals surface area (Å²) < 4.78 is 5.32. The molecule has 0 unspecified atom stereocenters. The first-order chi connectivity index (χ1) is 12.1. The van der Waals surface area contributed by atoms with Crippen LogP contribution in [0.3, 0.4) is 0 Å². The first-order valence-corrected chi connectivity index (χ1v) is 8.18. The van der Waals surface area contributed by atoms with Crippen LogP contribution < -0.4 is 0 Å². The van der Waals surface area contributed by atoms with Crippen molar-refractivity contribution in [1.29, 1.82) is 0 Å². The molecule has 1 aromatic carbocycles. The smallest absolute Gasteiger partial charge is 0.227 e. The van der Waals surface area contributed by atoms with Crippen LogP contribution in [-0.2, 0) is 12.8 Å². The molecule has 0 radical (unpaired) electrons. The van der Waals surface area contributed by atoms with Gasteiger partial charge in [-0.1, -0.05) is 11.2 Å². The summed E-state index contributed by atoms with van der Waals surface area (Å²) in [6.07, 6.45) is 1.32. The second-order valence-corrected chi connectivity index (χ2v) is 6.16. The van der Waals surface area contributed by atoms with Crippen LogP contribution in [0.2, 0.25) is 0 Å². The zero-order chi connectivity index (χ0) is 17.4. The molecule has 4 aromatic rings. The van der Waals surface area contributed by atoms with E-state index in [0.29, 0.717) is 30.3 Å². The van der Waals surface area contributed by atoms with Gasteiger partial charge in [-0.15, -0.1) is 5.10 Å². The first-order valence-electron chi connectivity index (χ1n) is 8.18. The van der Waals surface area contributed by atoms with Crippen LogP contribution in [0.5, 0.6) is 0 Å². The molecule has 0 aliphatic carbocycles. The minimum Gasteiger partial charge on any atom is -0.342 e. The molecule has 0 aliphatic rings. The average Bonchev–Trinajstić information content (AvgIpc) is 3.24. The third-order valence-electron chi connectivity index (χ3n) is 4.30. The van der Waals surface area contributed by atoms with Crippen molar-refractivity contribution >= 4 is 11.0 Å². The molecule has 0 amide bonds. The third-order valence-corrected chi connectivity index (χ3v) is 4.30. The van der Waals surface area contributed by atoms with Crippen LogP contribution in [0.1, 0.15) is 28.5 Å². The summed E-state index contributed by atoms with van der Waals surface area (Å²) in [5, 5.41) is 12.1. The number of rotatable bonds is 4. The quantitative estimate of drug-likeness (QED) is 0.616. The lowest BCUT2D eigenvalue weighted by atomic mass is 10.1. The maximum Gasteiger partial charge on any atom is 0.227 e. The second kappa shape index (κ2) is 6.08. The van der Waals surface area contributed by atoms with Crippen molar-refractivity contribution in [1.82, 2.24) is 30.3 Å². The van der Waals surface area contributed by atoms with Gasteiger partial charge in [0.15, 0.2) is 0 Å². The van der Waals surface area contributed by atoms with E-state index in [1.165, 1.54) is 11.1 Å². The number of aromatic amines is 1. The second-order valence-electron chi connectivity index (χ2n) is 6.16. The van der Waals surface area contributed by atoms with Crippen LogP contribution in [0.15, 0.2) is 28.8 Å². The van der Waals surface area contributed by atoms with E-state index in [-0.39, 0.29) is 0 Å². The van der Waals surface area contributed by atoms with E-state index in [1.54, 1.807) is 0 Å². The molecule has 126 valence electrons. The highest BCUT2D eigenvalue weighted by Gasteiger charge is 2.12. The van der Waals surface area contributed by atoms with E-state index < -0.39 is 0 Å². The molecule has 3 aromatic heterocycles. The average molecular weight is 334 g/mol. The topological polar surface area (TPSA) is 93.4 Å². The van der Waals surface area contributed by atoms with E-state index in [9.17, 15) is 0 Å². The Bertz CT molecular complexity index is 1030. The van der Waals surface area contributed by atoms with Crippen molar-refractivity contribution in [3.05, 3.63) is 52.8 Å². The van der Waals surface area contributed by atoms with Crippen molar-refractivity contribution in [3.8, 4) is 11.5 Å². The monoisotopic (exact) mass is 334 g/mol. The molecule has 1 N–H and O–H groups in total. The van der Waals surface area contributed by atoms with Crippen molar-refractivity contribution in [3.63, 3.8) is 0 Å². The van der Waals surface area contributed by atoms with Crippen molar-refractivity contribution in [2.24, 2.45) is 0 Å². The summed E-state index contributed by atoms with van der Waals surface area (Å²) in [5.41, 5.74) is 5.98. The minimum absolute atomic E-state index is 0.457. The van der Waals surface area contributed by atoms with Crippen LogP contribution >= 0.6 is 0 Å². The van der Waals surface area contributed by atoms with E-state index >= 15 is 0 Å². The fraction of sp³-hybridized carbons (Fsp3) is 0.278. The number of nitrogens with zero attached hydrogens (tertiary/aromatic N) is 5. The molecule has 4 rings (SSSR count). The minimum atomic E-state index is 0.457. The maximum atomic E-state index is 5.32. The lowest BCUT2D eigenvalue weighted by molar-refractivity contribution is 0.378. The first kappa shape index (κ1) is 15.4. The zero-order valence-corrected chi connectivity index (χ0v) is 14.4. The van der Waals surface area contributed by atoms with Gasteiger partial charge in [0.1, 0.15) is 11.5 Å².